The van der Waals surface area contributed by atoms with Crippen LogP contribution < -0.4 is 15.6 Å². The van der Waals surface area contributed by atoms with E-state index in [1.807, 2.05) is 44.2 Å². The molecule has 0 radical (unpaired) electrons. The summed E-state index contributed by atoms with van der Waals surface area (Å²) in [6.45, 7) is 4.59. The second-order valence-corrected chi connectivity index (χ2v) is 6.08. The number of ether oxygens (including phenoxy) is 1. The van der Waals surface area contributed by atoms with Gasteiger partial charge in [0.1, 0.15) is 17.9 Å². The number of carbonyl (C=O) groups is 1. The number of anilines is 1. The van der Waals surface area contributed by atoms with Crippen molar-refractivity contribution in [2.45, 2.75) is 13.8 Å². The van der Waals surface area contributed by atoms with Crippen LogP contribution >= 0.6 is 0 Å². The van der Waals surface area contributed by atoms with Gasteiger partial charge >= 0.3 is 5.97 Å². The number of rotatable bonds is 6. The maximum absolute atomic E-state index is 12.5. The molecule has 3 rings (SSSR count). The van der Waals surface area contributed by atoms with Gasteiger partial charge in [-0.25, -0.2) is 4.79 Å². The van der Waals surface area contributed by atoms with E-state index in [1.54, 1.807) is 18.3 Å². The number of aryl methyl sites for hydroxylation is 2. The molecular weight excluding hydrogens is 332 g/mol. The summed E-state index contributed by atoms with van der Waals surface area (Å²) in [5, 5.41) is 12.5. The van der Waals surface area contributed by atoms with Crippen LogP contribution in [-0.4, -0.2) is 28.6 Å². The normalized spacial score (nSPS) is 10.7. The number of hydrogen-bond acceptors (Lipinski definition) is 4. The molecule has 2 heterocycles. The summed E-state index contributed by atoms with van der Waals surface area (Å²) in [4.78, 5) is 24.1. The molecule has 134 valence electrons. The predicted molar refractivity (Wildman–Crippen MR) is 101 cm³/mol. The molecule has 6 nitrogen and oxygen atoms in total. The van der Waals surface area contributed by atoms with Crippen LogP contribution in [0.3, 0.4) is 0 Å². The summed E-state index contributed by atoms with van der Waals surface area (Å²) in [6.07, 6.45) is 1.57. The summed E-state index contributed by atoms with van der Waals surface area (Å²) in [5.41, 5.74) is 2.17. The molecule has 0 unspecified atom stereocenters. The Kier molecular flexibility index (Phi) is 4.93. The van der Waals surface area contributed by atoms with Crippen LogP contribution in [0.5, 0.6) is 5.75 Å². The van der Waals surface area contributed by atoms with Crippen LogP contribution in [0.15, 0.2) is 53.5 Å². The lowest BCUT2D eigenvalue weighted by atomic mass is 10.1. The van der Waals surface area contributed by atoms with Gasteiger partial charge in [-0.2, -0.15) is 0 Å². The van der Waals surface area contributed by atoms with Crippen molar-refractivity contribution >= 4 is 17.2 Å². The van der Waals surface area contributed by atoms with Gasteiger partial charge in [-0.3, -0.25) is 9.20 Å². The van der Waals surface area contributed by atoms with E-state index in [4.69, 9.17) is 4.74 Å². The Labute approximate surface area is 150 Å². The minimum absolute atomic E-state index is 0.275. The Morgan fingerprint density at radius 3 is 2.62 bits per heavy atom. The van der Waals surface area contributed by atoms with Crippen molar-refractivity contribution in [3.63, 3.8) is 0 Å². The minimum atomic E-state index is -1.26. The molecule has 0 atom stereocenters. The number of hydrogen-bond donors (Lipinski definition) is 2. The van der Waals surface area contributed by atoms with Gasteiger partial charge in [0.05, 0.1) is 11.2 Å². The smallest absolute Gasteiger partial charge is 0.343 e. The third-order valence-electron chi connectivity index (χ3n) is 4.15. The summed E-state index contributed by atoms with van der Waals surface area (Å²) in [6, 6.07) is 13.0. The van der Waals surface area contributed by atoms with Crippen LogP contribution in [0.1, 0.15) is 21.5 Å². The van der Waals surface area contributed by atoms with E-state index < -0.39 is 11.5 Å². The number of nitrogens with zero attached hydrogens (tertiary/aromatic N) is 1. The molecule has 0 bridgehead atoms. The lowest BCUT2D eigenvalue weighted by Gasteiger charge is -2.13. The number of pyridine rings is 2. The Bertz CT molecular complexity index is 1010. The van der Waals surface area contributed by atoms with E-state index in [2.05, 4.69) is 5.32 Å². The molecule has 0 spiro atoms. The zero-order chi connectivity index (χ0) is 18.7. The van der Waals surface area contributed by atoms with E-state index in [1.165, 1.54) is 4.40 Å². The molecule has 0 fully saturated rings. The van der Waals surface area contributed by atoms with Crippen LogP contribution in [0.4, 0.5) is 5.69 Å². The molecular formula is C20H20N2O4. The van der Waals surface area contributed by atoms with Crippen LogP contribution in [0, 0.1) is 13.8 Å². The SMILES string of the molecule is Cc1ccc(OCCNc2cc3c(C)cccn3c(=O)c2C(=O)O)cc1. The Morgan fingerprint density at radius 1 is 1.19 bits per heavy atom. The molecule has 3 aromatic rings. The average molecular weight is 352 g/mol. The fourth-order valence-electron chi connectivity index (χ4n) is 2.77. The van der Waals surface area contributed by atoms with Crippen molar-refractivity contribution in [2.75, 3.05) is 18.5 Å². The van der Waals surface area contributed by atoms with Crippen molar-refractivity contribution in [1.82, 2.24) is 4.40 Å². The van der Waals surface area contributed by atoms with Crippen molar-refractivity contribution < 1.29 is 14.6 Å². The number of carboxylic acids is 1. The van der Waals surface area contributed by atoms with Gasteiger partial charge in [-0.05, 0) is 43.7 Å². The standard InChI is InChI=1S/C20H20N2O4/c1-13-5-7-15(8-6-13)26-11-9-21-16-12-17-14(2)4-3-10-22(17)19(23)18(16)20(24)25/h3-8,10,12,21H,9,11H2,1-2H3,(H,24,25). The summed E-state index contributed by atoms with van der Waals surface area (Å²) < 4.78 is 6.99. The number of aromatic carboxylic acids is 1. The molecule has 0 aliphatic carbocycles. The van der Waals surface area contributed by atoms with Crippen LogP contribution in [0.2, 0.25) is 0 Å². The number of aromatic nitrogens is 1. The van der Waals surface area contributed by atoms with Crippen molar-refractivity contribution in [1.29, 1.82) is 0 Å². The molecule has 0 amide bonds. The van der Waals surface area contributed by atoms with Crippen molar-refractivity contribution in [3.8, 4) is 5.75 Å². The highest BCUT2D eigenvalue weighted by Crippen LogP contribution is 2.18. The molecule has 2 N–H and O–H groups in total. The van der Waals surface area contributed by atoms with Gasteiger partial charge in [-0.1, -0.05) is 23.8 Å². The highest BCUT2D eigenvalue weighted by atomic mass is 16.5. The Morgan fingerprint density at radius 2 is 1.92 bits per heavy atom. The van der Waals surface area contributed by atoms with Gasteiger partial charge in [0.25, 0.3) is 5.56 Å². The molecule has 0 saturated carbocycles. The van der Waals surface area contributed by atoms with Crippen molar-refractivity contribution in [3.05, 3.63) is 75.7 Å². The lowest BCUT2D eigenvalue weighted by molar-refractivity contribution is 0.0696. The molecule has 0 saturated heterocycles. The lowest BCUT2D eigenvalue weighted by Crippen LogP contribution is -2.25. The monoisotopic (exact) mass is 352 g/mol. The first-order valence-electron chi connectivity index (χ1n) is 8.29. The van der Waals surface area contributed by atoms with E-state index in [0.29, 0.717) is 24.4 Å². The highest BCUT2D eigenvalue weighted by Gasteiger charge is 2.18. The van der Waals surface area contributed by atoms with Gasteiger partial charge < -0.3 is 15.2 Å². The molecule has 2 aromatic heterocycles. The number of benzene rings is 1. The molecule has 26 heavy (non-hydrogen) atoms. The van der Waals surface area contributed by atoms with Gasteiger partial charge in [0, 0.05) is 12.7 Å². The first-order chi connectivity index (χ1) is 12.5. The van der Waals surface area contributed by atoms with Gasteiger partial charge in [0.2, 0.25) is 0 Å². The van der Waals surface area contributed by atoms with E-state index >= 15 is 0 Å². The van der Waals surface area contributed by atoms with E-state index in [9.17, 15) is 14.7 Å². The molecule has 1 aromatic carbocycles. The number of fused-ring (bicyclic) bond motifs is 1. The molecule has 0 aliphatic heterocycles. The fourth-order valence-corrected chi connectivity index (χ4v) is 2.77. The van der Waals surface area contributed by atoms with Gasteiger partial charge in [0.15, 0.2) is 0 Å². The Balaban J connectivity index is 1.81. The highest BCUT2D eigenvalue weighted by molar-refractivity contribution is 5.95. The first kappa shape index (κ1) is 17.5. The summed E-state index contributed by atoms with van der Waals surface area (Å²) in [7, 11) is 0. The topological polar surface area (TPSA) is 80.0 Å². The predicted octanol–water partition coefficient (Wildman–Crippen LogP) is 3.11. The second-order valence-electron chi connectivity index (χ2n) is 6.08. The van der Waals surface area contributed by atoms with Crippen LogP contribution in [0.25, 0.3) is 5.52 Å². The van der Waals surface area contributed by atoms with Gasteiger partial charge in [-0.15, -0.1) is 0 Å². The first-order valence-corrected chi connectivity index (χ1v) is 8.29. The largest absolute Gasteiger partial charge is 0.492 e. The third kappa shape index (κ3) is 3.54. The summed E-state index contributed by atoms with van der Waals surface area (Å²) >= 11 is 0. The summed E-state index contributed by atoms with van der Waals surface area (Å²) in [5.74, 6) is -0.516. The van der Waals surface area contributed by atoms with Crippen molar-refractivity contribution in [2.24, 2.45) is 0 Å². The third-order valence-corrected chi connectivity index (χ3v) is 4.15. The van der Waals surface area contributed by atoms with E-state index in [0.717, 1.165) is 16.9 Å². The second kappa shape index (κ2) is 7.31. The quantitative estimate of drug-likeness (QED) is 0.667. The Hall–Kier alpha value is -3.28. The van der Waals surface area contributed by atoms with Crippen LogP contribution in [-0.2, 0) is 0 Å². The zero-order valence-electron chi connectivity index (χ0n) is 14.7. The maximum atomic E-state index is 12.5. The average Bonchev–Trinajstić information content (AvgIpc) is 2.61. The maximum Gasteiger partial charge on any atom is 0.343 e. The minimum Gasteiger partial charge on any atom is -0.492 e. The number of nitrogens with one attached hydrogen (secondary N) is 1. The number of carboxylic acid groups (broad SMARTS) is 1. The fraction of sp³-hybridized carbons (Fsp3) is 0.200. The molecule has 6 heteroatoms. The zero-order valence-corrected chi connectivity index (χ0v) is 14.7. The van der Waals surface area contributed by atoms with E-state index in [-0.39, 0.29) is 5.56 Å². The molecule has 0 aliphatic rings.